The Kier molecular flexibility index (Phi) is 5.16. The van der Waals surface area contributed by atoms with Crippen molar-refractivity contribution in [1.29, 1.82) is 0 Å². The Bertz CT molecular complexity index is 758. The highest BCUT2D eigenvalue weighted by Gasteiger charge is 2.50. The number of aromatic nitrogens is 4. The maximum Gasteiger partial charge on any atom is 0.331 e. The second-order valence-corrected chi connectivity index (χ2v) is 6.95. The number of nitrogens with zero attached hydrogens (tertiary/aromatic N) is 4. The third-order valence-electron chi connectivity index (χ3n) is 4.35. The van der Waals surface area contributed by atoms with E-state index < -0.39 is 5.97 Å². The van der Waals surface area contributed by atoms with Gasteiger partial charge in [-0.05, 0) is 34.3 Å². The first-order valence-electron chi connectivity index (χ1n) is 8.18. The Morgan fingerprint density at radius 2 is 2.08 bits per heavy atom. The molecule has 0 unspecified atom stereocenters. The fraction of sp³-hybridized carbons (Fsp3) is 0.500. The fourth-order valence-corrected chi connectivity index (χ4v) is 3.93. The first-order chi connectivity index (χ1) is 12.8. The molecule has 2 fully saturated rings. The SMILES string of the molecule is COC(=O)CO[C@H]1CO[C@@H]2[C@@H]1OC[C@@H]2n1nnnc1Sc1ccccc1. The molecule has 4 rings (SSSR count). The van der Waals surface area contributed by atoms with E-state index in [0.717, 1.165) is 4.90 Å². The van der Waals surface area contributed by atoms with Crippen LogP contribution < -0.4 is 0 Å². The number of carbonyl (C=O) groups excluding carboxylic acids is 1. The number of hydrogen-bond donors (Lipinski definition) is 0. The molecular weight excluding hydrogens is 360 g/mol. The van der Waals surface area contributed by atoms with Crippen molar-refractivity contribution in [2.24, 2.45) is 0 Å². The predicted octanol–water partition coefficient (Wildman–Crippen LogP) is 0.721. The molecule has 2 aromatic rings. The minimum absolute atomic E-state index is 0.123. The molecule has 4 atom stereocenters. The molecule has 2 saturated heterocycles. The number of ether oxygens (including phenoxy) is 4. The van der Waals surface area contributed by atoms with E-state index in [1.165, 1.54) is 18.9 Å². The monoisotopic (exact) mass is 378 g/mol. The Morgan fingerprint density at radius 3 is 2.88 bits per heavy atom. The lowest BCUT2D eigenvalue weighted by Gasteiger charge is -2.17. The van der Waals surface area contributed by atoms with E-state index >= 15 is 0 Å². The summed E-state index contributed by atoms with van der Waals surface area (Å²) in [6.45, 7) is 0.648. The summed E-state index contributed by atoms with van der Waals surface area (Å²) < 4.78 is 23.6. The summed E-state index contributed by atoms with van der Waals surface area (Å²) in [4.78, 5) is 12.3. The van der Waals surface area contributed by atoms with Crippen LogP contribution in [0.25, 0.3) is 0 Å². The molecule has 1 aromatic heterocycles. The summed E-state index contributed by atoms with van der Waals surface area (Å²) in [6.07, 6.45) is -0.800. The van der Waals surface area contributed by atoms with Crippen molar-refractivity contribution in [2.45, 2.75) is 34.4 Å². The minimum atomic E-state index is -0.426. The number of fused-ring (bicyclic) bond motifs is 1. The van der Waals surface area contributed by atoms with E-state index in [1.54, 1.807) is 4.68 Å². The Morgan fingerprint density at radius 1 is 1.27 bits per heavy atom. The van der Waals surface area contributed by atoms with Crippen LogP contribution in [0.15, 0.2) is 40.4 Å². The van der Waals surface area contributed by atoms with Gasteiger partial charge in [0.15, 0.2) is 0 Å². The number of hydrogen-bond acceptors (Lipinski definition) is 9. The highest BCUT2D eigenvalue weighted by Crippen LogP contribution is 2.37. The van der Waals surface area contributed by atoms with Crippen molar-refractivity contribution < 1.29 is 23.7 Å². The van der Waals surface area contributed by atoms with Crippen molar-refractivity contribution >= 4 is 17.7 Å². The molecule has 2 aliphatic rings. The van der Waals surface area contributed by atoms with Gasteiger partial charge in [-0.2, -0.15) is 0 Å². The molecule has 2 aliphatic heterocycles. The smallest absolute Gasteiger partial charge is 0.331 e. The molecule has 138 valence electrons. The number of carbonyl (C=O) groups is 1. The van der Waals surface area contributed by atoms with Gasteiger partial charge >= 0.3 is 5.97 Å². The zero-order chi connectivity index (χ0) is 17.9. The van der Waals surface area contributed by atoms with Crippen molar-refractivity contribution in [3.05, 3.63) is 30.3 Å². The Labute approximate surface area is 153 Å². The molecule has 0 N–H and O–H groups in total. The Balaban J connectivity index is 1.44. The van der Waals surface area contributed by atoms with Crippen LogP contribution in [-0.2, 0) is 23.7 Å². The molecule has 0 saturated carbocycles. The lowest BCUT2D eigenvalue weighted by Crippen LogP contribution is -2.33. The second kappa shape index (κ2) is 7.70. The van der Waals surface area contributed by atoms with Gasteiger partial charge in [-0.15, -0.1) is 5.10 Å². The van der Waals surface area contributed by atoms with Crippen LogP contribution in [0.1, 0.15) is 6.04 Å². The third-order valence-corrected chi connectivity index (χ3v) is 5.31. The number of rotatable bonds is 6. The minimum Gasteiger partial charge on any atom is -0.467 e. The average Bonchev–Trinajstić information content (AvgIpc) is 3.37. The van der Waals surface area contributed by atoms with Crippen LogP contribution in [0.5, 0.6) is 0 Å². The zero-order valence-electron chi connectivity index (χ0n) is 14.1. The normalized spacial score (nSPS) is 27.4. The fourth-order valence-electron chi connectivity index (χ4n) is 3.09. The maximum atomic E-state index is 11.3. The quantitative estimate of drug-likeness (QED) is 0.674. The molecule has 0 aliphatic carbocycles. The van der Waals surface area contributed by atoms with Gasteiger partial charge in [0.05, 0.1) is 20.3 Å². The molecular formula is C16H18N4O5S. The zero-order valence-corrected chi connectivity index (χ0v) is 14.9. The van der Waals surface area contributed by atoms with Gasteiger partial charge in [-0.25, -0.2) is 9.48 Å². The van der Waals surface area contributed by atoms with E-state index in [2.05, 4.69) is 20.3 Å². The molecule has 26 heavy (non-hydrogen) atoms. The number of tetrazole rings is 1. The molecule has 3 heterocycles. The Hall–Kier alpha value is -2.01. The molecule has 0 radical (unpaired) electrons. The van der Waals surface area contributed by atoms with Gasteiger partial charge in [0.1, 0.15) is 31.0 Å². The third kappa shape index (κ3) is 3.45. The van der Waals surface area contributed by atoms with E-state index in [0.29, 0.717) is 18.4 Å². The van der Waals surface area contributed by atoms with Gasteiger partial charge in [0, 0.05) is 4.90 Å². The van der Waals surface area contributed by atoms with E-state index in [9.17, 15) is 4.79 Å². The summed E-state index contributed by atoms with van der Waals surface area (Å²) in [5.41, 5.74) is 0. The van der Waals surface area contributed by atoms with Gasteiger partial charge in [0.25, 0.3) is 0 Å². The highest BCUT2D eigenvalue weighted by atomic mass is 32.2. The molecule has 10 heteroatoms. The van der Waals surface area contributed by atoms with Crippen LogP contribution in [0.3, 0.4) is 0 Å². The lowest BCUT2D eigenvalue weighted by molar-refractivity contribution is -0.150. The van der Waals surface area contributed by atoms with Crippen molar-refractivity contribution in [3.8, 4) is 0 Å². The second-order valence-electron chi connectivity index (χ2n) is 5.91. The van der Waals surface area contributed by atoms with E-state index in [4.69, 9.17) is 14.2 Å². The average molecular weight is 378 g/mol. The topological polar surface area (TPSA) is 97.6 Å². The first kappa shape index (κ1) is 17.4. The van der Waals surface area contributed by atoms with Gasteiger partial charge in [-0.3, -0.25) is 0 Å². The summed E-state index contributed by atoms with van der Waals surface area (Å²) in [6, 6.07) is 9.75. The van der Waals surface area contributed by atoms with Crippen molar-refractivity contribution in [2.75, 3.05) is 26.9 Å². The molecule has 0 amide bonds. The van der Waals surface area contributed by atoms with Crippen LogP contribution in [0, 0.1) is 0 Å². The highest BCUT2D eigenvalue weighted by molar-refractivity contribution is 7.99. The van der Waals surface area contributed by atoms with Crippen molar-refractivity contribution in [3.63, 3.8) is 0 Å². The largest absolute Gasteiger partial charge is 0.467 e. The van der Waals surface area contributed by atoms with Gasteiger partial charge in [0.2, 0.25) is 5.16 Å². The van der Waals surface area contributed by atoms with Gasteiger partial charge < -0.3 is 18.9 Å². The number of methoxy groups -OCH3 is 1. The van der Waals surface area contributed by atoms with Crippen LogP contribution >= 0.6 is 11.8 Å². The lowest BCUT2D eigenvalue weighted by atomic mass is 10.1. The van der Waals surface area contributed by atoms with Crippen LogP contribution in [0.4, 0.5) is 0 Å². The van der Waals surface area contributed by atoms with Crippen LogP contribution in [0.2, 0.25) is 0 Å². The summed E-state index contributed by atoms with van der Waals surface area (Å²) >= 11 is 1.48. The van der Waals surface area contributed by atoms with E-state index in [-0.39, 0.29) is 31.0 Å². The summed E-state index contributed by atoms with van der Waals surface area (Å²) in [5.74, 6) is -0.426. The molecule has 1 aromatic carbocycles. The van der Waals surface area contributed by atoms with Gasteiger partial charge in [-0.1, -0.05) is 18.2 Å². The standard InChI is InChI=1S/C16H18N4O5S/c1-22-13(21)9-23-12-8-25-14-11(7-24-15(12)14)20-16(17-18-19-20)26-10-5-3-2-4-6-10/h2-6,11-12,14-15H,7-9H2,1H3/t11-,12-,14-,15+/m0/s1. The molecule has 0 spiro atoms. The van der Waals surface area contributed by atoms with E-state index in [1.807, 2.05) is 30.3 Å². The van der Waals surface area contributed by atoms with Crippen LogP contribution in [-0.4, -0.2) is 71.4 Å². The first-order valence-corrected chi connectivity index (χ1v) is 9.00. The maximum absolute atomic E-state index is 11.3. The summed E-state index contributed by atoms with van der Waals surface area (Å²) in [5, 5.41) is 12.7. The summed E-state index contributed by atoms with van der Waals surface area (Å²) in [7, 11) is 1.32. The van der Waals surface area contributed by atoms with Crippen molar-refractivity contribution in [1.82, 2.24) is 20.2 Å². The number of esters is 1. The molecule has 9 nitrogen and oxygen atoms in total. The number of benzene rings is 1. The molecule has 0 bridgehead atoms. The predicted molar refractivity (Wildman–Crippen MR) is 88.7 cm³/mol.